The molecule has 0 unspecified atom stereocenters. The summed E-state index contributed by atoms with van der Waals surface area (Å²) in [5, 5.41) is 8.25. The molecule has 0 atom stereocenters. The summed E-state index contributed by atoms with van der Waals surface area (Å²) >= 11 is 0. The highest BCUT2D eigenvalue weighted by Crippen LogP contribution is 2.17. The van der Waals surface area contributed by atoms with Gasteiger partial charge < -0.3 is 5.11 Å². The molecule has 7 heteroatoms. The smallest absolute Gasteiger partial charge is 0.397 e. The predicted octanol–water partition coefficient (Wildman–Crippen LogP) is 5.23. The van der Waals surface area contributed by atoms with Crippen molar-refractivity contribution in [1.29, 1.82) is 0 Å². The summed E-state index contributed by atoms with van der Waals surface area (Å²) in [7, 11) is -4.23. The van der Waals surface area contributed by atoms with Crippen molar-refractivity contribution in [3.05, 3.63) is 0 Å². The first kappa shape index (κ1) is 26.6. The van der Waals surface area contributed by atoms with Gasteiger partial charge in [-0.25, -0.2) is 4.18 Å². The maximum absolute atomic E-state index is 10.2. The van der Waals surface area contributed by atoms with E-state index in [0.29, 0.717) is 6.42 Å². The summed E-state index contributed by atoms with van der Waals surface area (Å²) in [6.45, 7) is 8.02. The Balaban J connectivity index is 0. The van der Waals surface area contributed by atoms with Gasteiger partial charge in [-0.1, -0.05) is 85.5 Å². The molecule has 0 spiro atoms. The van der Waals surface area contributed by atoms with Gasteiger partial charge in [0.1, 0.15) is 0 Å². The Bertz CT molecular complexity index is 412. The van der Waals surface area contributed by atoms with E-state index in [1.807, 2.05) is 20.8 Å². The van der Waals surface area contributed by atoms with Crippen LogP contribution in [-0.2, 0) is 19.4 Å². The normalized spacial score (nSPS) is 11.7. The lowest BCUT2D eigenvalue weighted by Crippen LogP contribution is -2.11. The molecule has 25 heavy (non-hydrogen) atoms. The van der Waals surface area contributed by atoms with Crippen molar-refractivity contribution in [2.75, 3.05) is 6.61 Å². The van der Waals surface area contributed by atoms with Gasteiger partial charge in [-0.2, -0.15) is 8.42 Å². The van der Waals surface area contributed by atoms with E-state index < -0.39 is 16.4 Å². The van der Waals surface area contributed by atoms with Gasteiger partial charge in [0.05, 0.1) is 13.0 Å². The van der Waals surface area contributed by atoms with E-state index in [4.69, 9.17) is 9.66 Å². The van der Waals surface area contributed by atoms with Crippen molar-refractivity contribution in [1.82, 2.24) is 0 Å². The molecule has 0 aromatic heterocycles. The van der Waals surface area contributed by atoms with Gasteiger partial charge in [0.25, 0.3) is 0 Å². The zero-order valence-corrected chi connectivity index (χ0v) is 17.2. The van der Waals surface area contributed by atoms with Crippen molar-refractivity contribution in [3.63, 3.8) is 0 Å². The summed E-state index contributed by atoms with van der Waals surface area (Å²) in [4.78, 5) is 10.0. The number of aliphatic carboxylic acids is 1. The molecule has 0 aliphatic carbocycles. The monoisotopic (exact) mass is 382 g/mol. The van der Waals surface area contributed by atoms with Gasteiger partial charge in [-0.15, -0.1) is 0 Å². The topological polar surface area (TPSA) is 101 Å². The quantitative estimate of drug-likeness (QED) is 0.334. The Kier molecular flexibility index (Phi) is 16.6. The Morgan fingerprint density at radius 2 is 1.28 bits per heavy atom. The number of hydrogen-bond donors (Lipinski definition) is 2. The first-order chi connectivity index (χ1) is 11.5. The van der Waals surface area contributed by atoms with E-state index in [-0.39, 0.29) is 18.4 Å². The molecule has 0 fully saturated rings. The van der Waals surface area contributed by atoms with Gasteiger partial charge >= 0.3 is 16.4 Å². The molecular formula is C18H38O6S. The minimum atomic E-state index is -4.23. The fourth-order valence-corrected chi connectivity index (χ4v) is 2.54. The van der Waals surface area contributed by atoms with Gasteiger partial charge in [-0.05, 0) is 11.8 Å². The summed E-state index contributed by atoms with van der Waals surface area (Å²) in [6.07, 6.45) is 12.1. The lowest BCUT2D eigenvalue weighted by molar-refractivity contribution is -0.139. The largest absolute Gasteiger partial charge is 0.481 e. The molecule has 0 amide bonds. The van der Waals surface area contributed by atoms with E-state index >= 15 is 0 Å². The third-order valence-electron chi connectivity index (χ3n) is 3.41. The Labute approximate surface area is 154 Å². The number of carboxylic acid groups (broad SMARTS) is 1. The Hall–Kier alpha value is -0.660. The third-order valence-corrected chi connectivity index (χ3v) is 3.88. The van der Waals surface area contributed by atoms with Crippen LogP contribution < -0.4 is 0 Å². The number of rotatable bonds is 13. The zero-order valence-electron chi connectivity index (χ0n) is 16.4. The molecule has 0 aliphatic rings. The molecule has 0 saturated carbocycles. The second kappa shape index (κ2) is 15.6. The van der Waals surface area contributed by atoms with Crippen LogP contribution >= 0.6 is 0 Å². The molecule has 0 radical (unpaired) electrons. The van der Waals surface area contributed by atoms with Crippen molar-refractivity contribution in [3.8, 4) is 0 Å². The highest BCUT2D eigenvalue weighted by atomic mass is 32.3. The minimum absolute atomic E-state index is 0.0775. The molecule has 2 N–H and O–H groups in total. The van der Waals surface area contributed by atoms with Gasteiger partial charge in [0.2, 0.25) is 0 Å². The van der Waals surface area contributed by atoms with Crippen LogP contribution in [0.4, 0.5) is 0 Å². The minimum Gasteiger partial charge on any atom is -0.481 e. The van der Waals surface area contributed by atoms with E-state index in [0.717, 1.165) is 12.8 Å². The van der Waals surface area contributed by atoms with Crippen LogP contribution in [0.2, 0.25) is 0 Å². The lowest BCUT2D eigenvalue weighted by atomic mass is 9.93. The first-order valence-corrected chi connectivity index (χ1v) is 10.7. The average Bonchev–Trinajstić information content (AvgIpc) is 2.41. The third kappa shape index (κ3) is 31.6. The molecule has 0 saturated heterocycles. The molecule has 6 nitrogen and oxygen atoms in total. The van der Waals surface area contributed by atoms with Crippen LogP contribution in [0.1, 0.15) is 98.3 Å². The van der Waals surface area contributed by atoms with Crippen LogP contribution in [0.5, 0.6) is 0 Å². The SMILES string of the molecule is CC(C)(C)CC(=O)O.CCCCCCCCCCCCOS(=O)(=O)O. The first-order valence-electron chi connectivity index (χ1n) is 9.31. The number of carbonyl (C=O) groups is 1. The van der Waals surface area contributed by atoms with Crippen LogP contribution in [-0.4, -0.2) is 30.7 Å². The van der Waals surface area contributed by atoms with Crippen LogP contribution in [0, 0.1) is 5.41 Å². The van der Waals surface area contributed by atoms with Crippen molar-refractivity contribution < 1.29 is 27.1 Å². The van der Waals surface area contributed by atoms with E-state index in [9.17, 15) is 13.2 Å². The lowest BCUT2D eigenvalue weighted by Gasteiger charge is -2.13. The highest BCUT2D eigenvalue weighted by molar-refractivity contribution is 7.80. The van der Waals surface area contributed by atoms with E-state index in [2.05, 4.69) is 11.1 Å². The van der Waals surface area contributed by atoms with Crippen LogP contribution in [0.15, 0.2) is 0 Å². The van der Waals surface area contributed by atoms with E-state index in [1.165, 1.54) is 44.9 Å². The zero-order chi connectivity index (χ0) is 19.8. The molecule has 0 heterocycles. The summed E-state index contributed by atoms with van der Waals surface area (Å²) in [6, 6.07) is 0. The molecule has 0 rings (SSSR count). The second-order valence-corrected chi connectivity index (χ2v) is 8.65. The number of carboxylic acids is 1. The Morgan fingerprint density at radius 1 is 0.880 bits per heavy atom. The average molecular weight is 383 g/mol. The second-order valence-electron chi connectivity index (χ2n) is 7.56. The maximum atomic E-state index is 10.2. The van der Waals surface area contributed by atoms with Gasteiger partial charge in [0, 0.05) is 0 Å². The summed E-state index contributed by atoms with van der Waals surface area (Å²) < 4.78 is 33.0. The fourth-order valence-electron chi connectivity index (χ4n) is 2.21. The van der Waals surface area contributed by atoms with Gasteiger partial charge in [-0.3, -0.25) is 9.35 Å². The summed E-state index contributed by atoms with van der Waals surface area (Å²) in [5.74, 6) is -0.725. The van der Waals surface area contributed by atoms with E-state index in [1.54, 1.807) is 0 Å². The molecule has 0 bridgehead atoms. The molecule has 152 valence electrons. The van der Waals surface area contributed by atoms with Crippen molar-refractivity contribution >= 4 is 16.4 Å². The van der Waals surface area contributed by atoms with Crippen molar-refractivity contribution in [2.45, 2.75) is 98.3 Å². The number of unbranched alkanes of at least 4 members (excludes halogenated alkanes) is 9. The van der Waals surface area contributed by atoms with Crippen LogP contribution in [0.3, 0.4) is 0 Å². The highest BCUT2D eigenvalue weighted by Gasteiger charge is 2.13. The molecule has 0 aromatic rings. The van der Waals surface area contributed by atoms with Gasteiger partial charge in [0.15, 0.2) is 0 Å². The molecule has 0 aliphatic heterocycles. The van der Waals surface area contributed by atoms with Crippen molar-refractivity contribution in [2.24, 2.45) is 5.41 Å². The standard InChI is InChI=1S/C12H26O4S.C6H12O2/c1-2-3-4-5-6-7-8-9-10-11-12-16-17(13,14)15;1-6(2,3)4-5(7)8/h2-12H2,1H3,(H,13,14,15);4H2,1-3H3,(H,7,8). The predicted molar refractivity (Wildman–Crippen MR) is 101 cm³/mol. The molecular weight excluding hydrogens is 344 g/mol. The molecule has 0 aromatic carbocycles. The van der Waals surface area contributed by atoms with Crippen LogP contribution in [0.25, 0.3) is 0 Å². The maximum Gasteiger partial charge on any atom is 0.397 e. The summed E-state index contributed by atoms with van der Waals surface area (Å²) in [5.41, 5.74) is -0.0775. The number of hydrogen-bond acceptors (Lipinski definition) is 4. The fraction of sp³-hybridized carbons (Fsp3) is 0.944. The Morgan fingerprint density at radius 3 is 1.56 bits per heavy atom.